The van der Waals surface area contributed by atoms with Crippen LogP contribution in [0.1, 0.15) is 36.8 Å². The lowest BCUT2D eigenvalue weighted by Crippen LogP contribution is -2.19. The highest BCUT2D eigenvalue weighted by Gasteiger charge is 2.20. The van der Waals surface area contributed by atoms with Crippen LogP contribution in [0, 0.1) is 6.92 Å². The molecular weight excluding hydrogens is 208 g/mol. The van der Waals surface area contributed by atoms with Gasteiger partial charge in [0.2, 0.25) is 0 Å². The van der Waals surface area contributed by atoms with Gasteiger partial charge in [0.15, 0.2) is 0 Å². The van der Waals surface area contributed by atoms with Crippen molar-refractivity contribution in [3.63, 3.8) is 0 Å². The molecule has 2 heteroatoms. The fraction of sp³-hybridized carbons (Fsp3) is 0.600. The Morgan fingerprint density at radius 2 is 2.00 bits per heavy atom. The van der Waals surface area contributed by atoms with E-state index in [1.54, 1.807) is 0 Å². The summed E-state index contributed by atoms with van der Waals surface area (Å²) >= 11 is 0. The molecule has 0 aromatic heterocycles. The summed E-state index contributed by atoms with van der Waals surface area (Å²) in [5.41, 5.74) is 4.30. The van der Waals surface area contributed by atoms with Crippen molar-refractivity contribution in [2.24, 2.45) is 0 Å². The summed E-state index contributed by atoms with van der Waals surface area (Å²) in [6.45, 7) is 5.75. The third-order valence-electron chi connectivity index (χ3n) is 3.96. The average molecular weight is 230 g/mol. The van der Waals surface area contributed by atoms with Crippen LogP contribution in [-0.2, 0) is 6.54 Å². The predicted octanol–water partition coefficient (Wildman–Crippen LogP) is 2.85. The summed E-state index contributed by atoms with van der Waals surface area (Å²) in [5, 5.41) is 3.59. The van der Waals surface area contributed by atoms with Crippen LogP contribution in [0.15, 0.2) is 18.2 Å². The second-order valence-corrected chi connectivity index (χ2v) is 5.46. The zero-order valence-electron chi connectivity index (χ0n) is 10.7. The minimum atomic E-state index is 0.799. The first-order valence-corrected chi connectivity index (χ1v) is 6.91. The van der Waals surface area contributed by atoms with Gasteiger partial charge in [-0.15, -0.1) is 0 Å². The fourth-order valence-electron chi connectivity index (χ4n) is 2.59. The van der Waals surface area contributed by atoms with Crippen molar-refractivity contribution in [2.45, 2.75) is 45.2 Å². The first-order valence-electron chi connectivity index (χ1n) is 6.91. The molecule has 0 amide bonds. The minimum absolute atomic E-state index is 0.799. The molecule has 1 saturated carbocycles. The molecule has 92 valence electrons. The monoisotopic (exact) mass is 230 g/mol. The lowest BCUT2D eigenvalue weighted by Gasteiger charge is -2.19. The van der Waals surface area contributed by atoms with Gasteiger partial charge in [0.25, 0.3) is 0 Å². The maximum Gasteiger partial charge on any atom is 0.0369 e. The number of nitrogens with zero attached hydrogens (tertiary/aromatic N) is 1. The molecule has 1 aromatic carbocycles. The van der Waals surface area contributed by atoms with Crippen LogP contribution < -0.4 is 10.2 Å². The van der Waals surface area contributed by atoms with E-state index in [-0.39, 0.29) is 0 Å². The highest BCUT2D eigenvalue weighted by Crippen LogP contribution is 2.24. The van der Waals surface area contributed by atoms with Crippen LogP contribution in [0.4, 0.5) is 5.69 Å². The average Bonchev–Trinajstić information content (AvgIpc) is 3.00. The summed E-state index contributed by atoms with van der Waals surface area (Å²) in [6.07, 6.45) is 5.43. The molecule has 0 unspecified atom stereocenters. The topological polar surface area (TPSA) is 15.3 Å². The van der Waals surface area contributed by atoms with Crippen molar-refractivity contribution >= 4 is 5.69 Å². The third kappa shape index (κ3) is 2.63. The number of nitrogens with one attached hydrogen (secondary N) is 1. The van der Waals surface area contributed by atoms with Crippen molar-refractivity contribution in [2.75, 3.05) is 18.0 Å². The van der Waals surface area contributed by atoms with Crippen LogP contribution in [0.2, 0.25) is 0 Å². The molecule has 0 spiro atoms. The number of anilines is 1. The van der Waals surface area contributed by atoms with Crippen molar-refractivity contribution in [3.05, 3.63) is 29.3 Å². The van der Waals surface area contributed by atoms with Crippen molar-refractivity contribution in [1.82, 2.24) is 5.32 Å². The van der Waals surface area contributed by atoms with E-state index in [0.717, 1.165) is 12.6 Å². The summed E-state index contributed by atoms with van der Waals surface area (Å²) in [7, 11) is 0. The van der Waals surface area contributed by atoms with E-state index in [4.69, 9.17) is 0 Å². The number of aryl methyl sites for hydroxylation is 1. The van der Waals surface area contributed by atoms with E-state index in [0.29, 0.717) is 0 Å². The van der Waals surface area contributed by atoms with Gasteiger partial charge in [-0.1, -0.05) is 6.07 Å². The molecule has 1 N–H and O–H groups in total. The maximum atomic E-state index is 3.59. The number of benzene rings is 1. The van der Waals surface area contributed by atoms with Gasteiger partial charge in [0, 0.05) is 31.4 Å². The van der Waals surface area contributed by atoms with Gasteiger partial charge in [-0.05, 0) is 55.9 Å². The van der Waals surface area contributed by atoms with E-state index >= 15 is 0 Å². The SMILES string of the molecule is Cc1cc(N2CCCC2)ccc1CNC1CC1. The highest BCUT2D eigenvalue weighted by atomic mass is 15.1. The van der Waals surface area contributed by atoms with Gasteiger partial charge in [0.05, 0.1) is 0 Å². The Morgan fingerprint density at radius 3 is 2.65 bits per heavy atom. The van der Waals surface area contributed by atoms with E-state index in [2.05, 4.69) is 35.3 Å². The van der Waals surface area contributed by atoms with Crippen LogP contribution in [0.25, 0.3) is 0 Å². The Morgan fingerprint density at radius 1 is 1.24 bits per heavy atom. The number of rotatable bonds is 4. The highest BCUT2D eigenvalue weighted by molar-refractivity contribution is 5.51. The van der Waals surface area contributed by atoms with E-state index < -0.39 is 0 Å². The first kappa shape index (κ1) is 11.1. The molecule has 2 fully saturated rings. The van der Waals surface area contributed by atoms with Gasteiger partial charge in [0.1, 0.15) is 0 Å². The summed E-state index contributed by atoms with van der Waals surface area (Å²) in [6, 6.07) is 7.75. The molecular formula is C15H22N2. The Kier molecular flexibility index (Phi) is 3.06. The van der Waals surface area contributed by atoms with Gasteiger partial charge in [-0.3, -0.25) is 0 Å². The first-order chi connectivity index (χ1) is 8.33. The predicted molar refractivity (Wildman–Crippen MR) is 72.5 cm³/mol. The van der Waals surface area contributed by atoms with Crippen molar-refractivity contribution in [1.29, 1.82) is 0 Å². The summed E-state index contributed by atoms with van der Waals surface area (Å²) in [4.78, 5) is 2.51. The zero-order chi connectivity index (χ0) is 11.7. The number of hydrogen-bond donors (Lipinski definition) is 1. The summed E-state index contributed by atoms with van der Waals surface area (Å²) < 4.78 is 0. The zero-order valence-corrected chi connectivity index (χ0v) is 10.7. The molecule has 17 heavy (non-hydrogen) atoms. The fourth-order valence-corrected chi connectivity index (χ4v) is 2.59. The molecule has 1 saturated heterocycles. The quantitative estimate of drug-likeness (QED) is 0.855. The molecule has 0 bridgehead atoms. The van der Waals surface area contributed by atoms with Crippen LogP contribution in [0.5, 0.6) is 0 Å². The lowest BCUT2D eigenvalue weighted by molar-refractivity contribution is 0.685. The van der Waals surface area contributed by atoms with Crippen molar-refractivity contribution in [3.8, 4) is 0 Å². The standard InChI is InChI=1S/C15H22N2/c1-12-10-15(17-8-2-3-9-17)7-4-13(12)11-16-14-5-6-14/h4,7,10,14,16H,2-3,5-6,8-9,11H2,1H3. The Hall–Kier alpha value is -1.02. The number of hydrogen-bond acceptors (Lipinski definition) is 2. The van der Waals surface area contributed by atoms with Gasteiger partial charge in [-0.25, -0.2) is 0 Å². The maximum absolute atomic E-state index is 3.59. The van der Waals surface area contributed by atoms with E-state index in [1.807, 2.05) is 0 Å². The second-order valence-electron chi connectivity index (χ2n) is 5.46. The van der Waals surface area contributed by atoms with Crippen LogP contribution in [-0.4, -0.2) is 19.1 Å². The molecule has 1 aromatic rings. The van der Waals surface area contributed by atoms with Crippen molar-refractivity contribution < 1.29 is 0 Å². The largest absolute Gasteiger partial charge is 0.372 e. The van der Waals surface area contributed by atoms with Crippen LogP contribution >= 0.6 is 0 Å². The Labute approximate surface area is 104 Å². The molecule has 2 aliphatic rings. The Bertz CT molecular complexity index is 390. The third-order valence-corrected chi connectivity index (χ3v) is 3.96. The van der Waals surface area contributed by atoms with Gasteiger partial charge >= 0.3 is 0 Å². The molecule has 0 radical (unpaired) electrons. The van der Waals surface area contributed by atoms with E-state index in [1.165, 1.54) is 55.6 Å². The van der Waals surface area contributed by atoms with Gasteiger partial charge in [-0.2, -0.15) is 0 Å². The normalized spacial score (nSPS) is 19.9. The molecule has 3 rings (SSSR count). The minimum Gasteiger partial charge on any atom is -0.372 e. The lowest BCUT2D eigenvalue weighted by atomic mass is 10.1. The molecule has 1 heterocycles. The van der Waals surface area contributed by atoms with E-state index in [9.17, 15) is 0 Å². The van der Waals surface area contributed by atoms with Crippen LogP contribution in [0.3, 0.4) is 0 Å². The molecule has 1 aliphatic carbocycles. The summed E-state index contributed by atoms with van der Waals surface area (Å²) in [5.74, 6) is 0. The second kappa shape index (κ2) is 4.69. The molecule has 1 aliphatic heterocycles. The molecule has 0 atom stereocenters. The molecule has 2 nitrogen and oxygen atoms in total. The van der Waals surface area contributed by atoms with Gasteiger partial charge < -0.3 is 10.2 Å². The Balaban J connectivity index is 1.68. The smallest absolute Gasteiger partial charge is 0.0369 e.